The number of hydrogen-bond acceptors (Lipinski definition) is 9. The maximum atomic E-state index is 13.2. The van der Waals surface area contributed by atoms with E-state index < -0.39 is 60.3 Å². The van der Waals surface area contributed by atoms with E-state index in [0.29, 0.717) is 6.42 Å². The number of phenolic OH excluding ortho intramolecular Hbond substituents is 1. The fraction of sp³-hybridized carbons (Fsp3) is 0.433. The molecule has 2 rings (SSSR count). The quantitative estimate of drug-likeness (QED) is 0.104. The van der Waals surface area contributed by atoms with E-state index in [2.05, 4.69) is 33.9 Å². The summed E-state index contributed by atoms with van der Waals surface area (Å²) in [5, 5.41) is 19.5. The van der Waals surface area contributed by atoms with Crippen molar-refractivity contribution in [3.05, 3.63) is 65.7 Å². The molecule has 0 aromatic heterocycles. The summed E-state index contributed by atoms with van der Waals surface area (Å²) in [5.41, 5.74) is 7.45. The zero-order chi connectivity index (χ0) is 31.9. The average molecular weight is 616 g/mol. The molecule has 0 aliphatic rings. The van der Waals surface area contributed by atoms with Crippen molar-refractivity contribution in [2.75, 3.05) is 12.3 Å². The predicted octanol–water partition coefficient (Wildman–Crippen LogP) is 0.367. The molecule has 0 spiro atoms. The van der Waals surface area contributed by atoms with Crippen molar-refractivity contribution in [1.29, 1.82) is 0 Å². The van der Waals surface area contributed by atoms with E-state index in [9.17, 15) is 29.1 Å². The van der Waals surface area contributed by atoms with Gasteiger partial charge in [0.2, 0.25) is 23.6 Å². The number of ether oxygens (including phenoxy) is 1. The van der Waals surface area contributed by atoms with Gasteiger partial charge in [-0.25, -0.2) is 4.79 Å². The number of esters is 1. The van der Waals surface area contributed by atoms with Gasteiger partial charge in [-0.3, -0.25) is 19.2 Å². The van der Waals surface area contributed by atoms with Crippen LogP contribution in [0.4, 0.5) is 0 Å². The molecule has 234 valence electrons. The van der Waals surface area contributed by atoms with Gasteiger partial charge in [-0.1, -0.05) is 49.4 Å². The van der Waals surface area contributed by atoms with Crippen LogP contribution in [-0.4, -0.2) is 77.3 Å². The van der Waals surface area contributed by atoms with Crippen molar-refractivity contribution in [2.24, 2.45) is 5.73 Å². The summed E-state index contributed by atoms with van der Waals surface area (Å²) in [6.07, 6.45) is 0.582. The lowest BCUT2D eigenvalue weighted by molar-refractivity contribution is -0.151. The summed E-state index contributed by atoms with van der Waals surface area (Å²) in [7, 11) is 0. The first-order valence-corrected chi connectivity index (χ1v) is 14.6. The maximum absolute atomic E-state index is 13.2. The highest BCUT2D eigenvalue weighted by atomic mass is 32.1. The smallest absolute Gasteiger partial charge is 0.329 e. The Morgan fingerprint density at radius 1 is 0.837 bits per heavy atom. The summed E-state index contributed by atoms with van der Waals surface area (Å²) in [4.78, 5) is 63.5. The van der Waals surface area contributed by atoms with Crippen molar-refractivity contribution in [1.82, 2.24) is 21.3 Å². The molecule has 13 heteroatoms. The molecule has 5 unspecified atom stereocenters. The van der Waals surface area contributed by atoms with Gasteiger partial charge in [-0.15, -0.1) is 0 Å². The Balaban J connectivity index is 1.95. The topological polar surface area (TPSA) is 189 Å². The fourth-order valence-electron chi connectivity index (χ4n) is 3.80. The van der Waals surface area contributed by atoms with Crippen LogP contribution in [0.15, 0.2) is 54.6 Å². The van der Waals surface area contributed by atoms with E-state index in [4.69, 9.17) is 10.5 Å². The molecule has 0 saturated heterocycles. The molecule has 12 nitrogen and oxygen atoms in total. The minimum atomic E-state index is -1.07. The van der Waals surface area contributed by atoms with Gasteiger partial charge in [0.05, 0.1) is 18.7 Å². The molecular weight excluding hydrogens is 574 g/mol. The number of amides is 4. The standard InChI is InChI=1S/C30H41N5O7S/c1-4-18(2)42-30(41)25(17-43)35-29(40)24(15-20-8-6-5-7-9-20)34-26(37)16-32-27(38)19(3)33-28(39)23(31)14-21-10-12-22(36)13-11-21/h5-13,18-19,23-25,36,43H,4,14-17,31H2,1-3H3,(H,32,38)(H,33,39)(H,34,37)(H,35,40). The summed E-state index contributed by atoms with van der Waals surface area (Å²) >= 11 is 4.16. The van der Waals surface area contributed by atoms with Gasteiger partial charge >= 0.3 is 5.97 Å². The molecule has 43 heavy (non-hydrogen) atoms. The summed E-state index contributed by atoms with van der Waals surface area (Å²) in [6.45, 7) is 4.57. The first kappa shape index (κ1) is 35.1. The second-order valence-corrected chi connectivity index (χ2v) is 10.5. The number of benzene rings is 2. The lowest BCUT2D eigenvalue weighted by Crippen LogP contribution is -2.55. The Bertz CT molecular complexity index is 1230. The molecule has 0 radical (unpaired) electrons. The Hall–Kier alpha value is -4.10. The van der Waals surface area contributed by atoms with Crippen LogP contribution < -0.4 is 27.0 Å². The highest BCUT2D eigenvalue weighted by molar-refractivity contribution is 7.80. The number of carbonyl (C=O) groups is 5. The van der Waals surface area contributed by atoms with E-state index in [-0.39, 0.29) is 30.4 Å². The molecule has 4 amide bonds. The molecule has 0 aliphatic carbocycles. The van der Waals surface area contributed by atoms with Crippen LogP contribution in [0, 0.1) is 0 Å². The third-order valence-corrected chi connectivity index (χ3v) is 6.88. The van der Waals surface area contributed by atoms with Crippen LogP contribution in [-0.2, 0) is 41.6 Å². The number of thiol groups is 1. The van der Waals surface area contributed by atoms with Crippen molar-refractivity contribution in [3.63, 3.8) is 0 Å². The van der Waals surface area contributed by atoms with E-state index in [0.717, 1.165) is 11.1 Å². The zero-order valence-electron chi connectivity index (χ0n) is 24.5. The molecule has 0 fully saturated rings. The van der Waals surface area contributed by atoms with E-state index in [1.807, 2.05) is 13.0 Å². The minimum absolute atomic E-state index is 0.00866. The van der Waals surface area contributed by atoms with Crippen LogP contribution >= 0.6 is 12.6 Å². The van der Waals surface area contributed by atoms with Crippen molar-refractivity contribution >= 4 is 42.2 Å². The third-order valence-electron chi connectivity index (χ3n) is 6.51. The Morgan fingerprint density at radius 3 is 2.07 bits per heavy atom. The Kier molecular flexibility index (Phi) is 14.5. The number of hydrogen-bond donors (Lipinski definition) is 7. The molecule has 0 aliphatic heterocycles. The zero-order valence-corrected chi connectivity index (χ0v) is 25.4. The minimum Gasteiger partial charge on any atom is -0.508 e. The lowest BCUT2D eigenvalue weighted by Gasteiger charge is -2.23. The lowest BCUT2D eigenvalue weighted by atomic mass is 10.0. The van der Waals surface area contributed by atoms with Gasteiger partial charge < -0.3 is 36.8 Å². The molecule has 7 N–H and O–H groups in total. The highest BCUT2D eigenvalue weighted by Crippen LogP contribution is 2.11. The molecular formula is C30H41N5O7S. The summed E-state index contributed by atoms with van der Waals surface area (Å²) < 4.78 is 5.31. The number of phenols is 1. The highest BCUT2D eigenvalue weighted by Gasteiger charge is 2.28. The van der Waals surface area contributed by atoms with Gasteiger partial charge in [0.1, 0.15) is 23.9 Å². The average Bonchev–Trinajstić information content (AvgIpc) is 2.99. The van der Waals surface area contributed by atoms with Gasteiger partial charge in [0, 0.05) is 12.2 Å². The normalized spacial score (nSPS) is 14.3. The van der Waals surface area contributed by atoms with Crippen molar-refractivity contribution in [2.45, 2.75) is 70.3 Å². The molecule has 5 atom stereocenters. The third kappa shape index (κ3) is 12.3. The van der Waals surface area contributed by atoms with Gasteiger partial charge in [-0.2, -0.15) is 12.6 Å². The molecule has 0 heterocycles. The maximum Gasteiger partial charge on any atom is 0.329 e. The van der Waals surface area contributed by atoms with Gasteiger partial charge in [0.25, 0.3) is 0 Å². The second-order valence-electron chi connectivity index (χ2n) is 10.1. The summed E-state index contributed by atoms with van der Waals surface area (Å²) in [5.74, 6) is -3.02. The van der Waals surface area contributed by atoms with Crippen LogP contribution in [0.2, 0.25) is 0 Å². The first-order chi connectivity index (χ1) is 20.4. The van der Waals surface area contributed by atoms with Crippen LogP contribution in [0.5, 0.6) is 5.75 Å². The first-order valence-electron chi connectivity index (χ1n) is 14.0. The van der Waals surface area contributed by atoms with E-state index in [1.165, 1.54) is 19.1 Å². The number of aromatic hydroxyl groups is 1. The number of carbonyl (C=O) groups excluding carboxylic acids is 5. The SMILES string of the molecule is CCC(C)OC(=O)C(CS)NC(=O)C(Cc1ccccc1)NC(=O)CNC(=O)C(C)NC(=O)C(N)Cc1ccc(O)cc1. The van der Waals surface area contributed by atoms with Gasteiger partial charge in [-0.05, 0) is 49.9 Å². The van der Waals surface area contributed by atoms with Crippen LogP contribution in [0.1, 0.15) is 38.3 Å². The number of nitrogens with one attached hydrogen (secondary N) is 4. The van der Waals surface area contributed by atoms with Crippen LogP contribution in [0.3, 0.4) is 0 Å². The fourth-order valence-corrected chi connectivity index (χ4v) is 4.05. The Morgan fingerprint density at radius 2 is 1.47 bits per heavy atom. The monoisotopic (exact) mass is 615 g/mol. The van der Waals surface area contributed by atoms with E-state index >= 15 is 0 Å². The second kappa shape index (κ2) is 17.8. The summed E-state index contributed by atoms with van der Waals surface area (Å²) in [6, 6.07) is 11.2. The Labute approximate surface area is 256 Å². The van der Waals surface area contributed by atoms with Gasteiger partial charge in [0.15, 0.2) is 0 Å². The van der Waals surface area contributed by atoms with Crippen molar-refractivity contribution in [3.8, 4) is 5.75 Å². The number of rotatable bonds is 16. The number of nitrogens with two attached hydrogens (primary N) is 1. The van der Waals surface area contributed by atoms with E-state index in [1.54, 1.807) is 43.3 Å². The molecule has 2 aromatic rings. The van der Waals surface area contributed by atoms with Crippen molar-refractivity contribution < 1.29 is 33.8 Å². The molecule has 0 bridgehead atoms. The molecule has 2 aromatic carbocycles. The predicted molar refractivity (Wildman–Crippen MR) is 164 cm³/mol. The molecule has 0 saturated carbocycles. The van der Waals surface area contributed by atoms with Crippen LogP contribution in [0.25, 0.3) is 0 Å². The largest absolute Gasteiger partial charge is 0.508 e.